The van der Waals surface area contributed by atoms with Crippen molar-refractivity contribution in [2.24, 2.45) is 0 Å². The first-order chi connectivity index (χ1) is 9.38. The van der Waals surface area contributed by atoms with Crippen LogP contribution in [-0.2, 0) is 10.0 Å². The minimum atomic E-state index is -3.25. The van der Waals surface area contributed by atoms with Crippen LogP contribution in [0.5, 0.6) is 0 Å². The second kappa shape index (κ2) is 5.88. The number of sulfonamides is 1. The van der Waals surface area contributed by atoms with Crippen molar-refractivity contribution in [1.82, 2.24) is 9.62 Å². The number of hydrogen-bond acceptors (Lipinski definition) is 3. The molecule has 1 aliphatic rings. The highest BCUT2D eigenvalue weighted by Gasteiger charge is 2.34. The Hall–Kier alpha value is -1.47. The van der Waals surface area contributed by atoms with E-state index in [-0.39, 0.29) is 24.7 Å². The van der Waals surface area contributed by atoms with Gasteiger partial charge in [0.2, 0.25) is 10.0 Å². The van der Waals surface area contributed by atoms with Crippen LogP contribution in [0.3, 0.4) is 0 Å². The minimum absolute atomic E-state index is 0.0658. The number of nitrogens with zero attached hydrogens (tertiary/aromatic N) is 1. The van der Waals surface area contributed by atoms with Gasteiger partial charge in [-0.25, -0.2) is 12.8 Å². The van der Waals surface area contributed by atoms with Crippen LogP contribution < -0.4 is 5.32 Å². The largest absolute Gasteiger partial charge is 0.351 e. The van der Waals surface area contributed by atoms with E-state index < -0.39 is 21.7 Å². The fourth-order valence-corrected chi connectivity index (χ4v) is 3.17. The molecule has 2 rings (SSSR count). The van der Waals surface area contributed by atoms with Gasteiger partial charge in [0.1, 0.15) is 5.82 Å². The predicted molar refractivity (Wildman–Crippen MR) is 73.3 cm³/mol. The molecule has 1 aliphatic carbocycles. The van der Waals surface area contributed by atoms with Gasteiger partial charge in [-0.3, -0.25) is 4.79 Å². The van der Waals surface area contributed by atoms with E-state index in [1.807, 2.05) is 0 Å². The van der Waals surface area contributed by atoms with Crippen LogP contribution in [0.2, 0.25) is 0 Å². The van der Waals surface area contributed by atoms with E-state index in [9.17, 15) is 17.6 Å². The predicted octanol–water partition coefficient (Wildman–Crippen LogP) is 0.979. The van der Waals surface area contributed by atoms with Gasteiger partial charge in [0.05, 0.1) is 6.26 Å². The first kappa shape index (κ1) is 14.9. The zero-order valence-corrected chi connectivity index (χ0v) is 12.0. The number of nitrogens with one attached hydrogen (secondary N) is 1. The Kier molecular flexibility index (Phi) is 4.39. The minimum Gasteiger partial charge on any atom is -0.351 e. The second-order valence-corrected chi connectivity index (χ2v) is 6.81. The zero-order chi connectivity index (χ0) is 14.8. The Morgan fingerprint density at radius 3 is 2.70 bits per heavy atom. The number of amides is 1. The molecule has 0 radical (unpaired) electrons. The highest BCUT2D eigenvalue weighted by molar-refractivity contribution is 7.88. The van der Waals surface area contributed by atoms with E-state index in [2.05, 4.69) is 5.32 Å². The van der Waals surface area contributed by atoms with E-state index in [4.69, 9.17) is 0 Å². The van der Waals surface area contributed by atoms with Gasteiger partial charge in [-0.1, -0.05) is 6.07 Å². The molecule has 0 bridgehead atoms. The Labute approximate surface area is 117 Å². The Morgan fingerprint density at radius 2 is 2.15 bits per heavy atom. The third-order valence-corrected chi connectivity index (χ3v) is 4.42. The maximum atomic E-state index is 13.0. The molecule has 0 aliphatic heterocycles. The molecule has 0 aromatic heterocycles. The molecular weight excluding hydrogens is 283 g/mol. The molecular formula is C13H17FN2O3S. The van der Waals surface area contributed by atoms with E-state index in [1.165, 1.54) is 28.8 Å². The molecule has 1 aromatic carbocycles. The van der Waals surface area contributed by atoms with Gasteiger partial charge in [0.25, 0.3) is 5.91 Å². The number of carbonyl (C=O) groups is 1. The van der Waals surface area contributed by atoms with Gasteiger partial charge in [0.15, 0.2) is 0 Å². The molecule has 110 valence electrons. The summed E-state index contributed by atoms with van der Waals surface area (Å²) in [5.74, 6) is -0.887. The van der Waals surface area contributed by atoms with Gasteiger partial charge in [-0.15, -0.1) is 0 Å². The lowest BCUT2D eigenvalue weighted by Gasteiger charge is -2.19. The monoisotopic (exact) mass is 300 g/mol. The molecule has 7 heteroatoms. The highest BCUT2D eigenvalue weighted by atomic mass is 32.2. The van der Waals surface area contributed by atoms with Crippen molar-refractivity contribution >= 4 is 15.9 Å². The van der Waals surface area contributed by atoms with Crippen LogP contribution in [0.1, 0.15) is 23.2 Å². The Balaban J connectivity index is 1.87. The highest BCUT2D eigenvalue weighted by Crippen LogP contribution is 2.28. The quantitative estimate of drug-likeness (QED) is 0.851. The summed E-state index contributed by atoms with van der Waals surface area (Å²) in [7, 11) is -3.25. The third-order valence-electron chi connectivity index (χ3n) is 3.08. The van der Waals surface area contributed by atoms with E-state index in [0.717, 1.165) is 18.9 Å². The second-order valence-electron chi connectivity index (χ2n) is 4.87. The number of carbonyl (C=O) groups excluding carboxylic acids is 1. The van der Waals surface area contributed by atoms with Crippen LogP contribution >= 0.6 is 0 Å². The van der Waals surface area contributed by atoms with E-state index in [1.54, 1.807) is 0 Å². The fraction of sp³-hybridized carbons (Fsp3) is 0.462. The molecule has 0 atom stereocenters. The smallest absolute Gasteiger partial charge is 0.251 e. The fourth-order valence-electron chi connectivity index (χ4n) is 1.99. The normalized spacial score (nSPS) is 15.3. The number of rotatable bonds is 6. The molecule has 1 amide bonds. The first-order valence-electron chi connectivity index (χ1n) is 6.38. The standard InChI is InChI=1S/C13H17FN2O3S/c1-20(18,19)16(12-5-6-12)8-7-15-13(17)10-3-2-4-11(14)9-10/h2-4,9,12H,5-8H2,1H3,(H,15,17). The summed E-state index contributed by atoms with van der Waals surface area (Å²) < 4.78 is 37.5. The third kappa shape index (κ3) is 4.01. The van der Waals surface area contributed by atoms with Gasteiger partial charge in [-0.05, 0) is 31.0 Å². The van der Waals surface area contributed by atoms with Crippen LogP contribution in [0.15, 0.2) is 24.3 Å². The van der Waals surface area contributed by atoms with Crippen LogP contribution in [-0.4, -0.2) is 44.0 Å². The van der Waals surface area contributed by atoms with E-state index >= 15 is 0 Å². The first-order valence-corrected chi connectivity index (χ1v) is 8.23. The van der Waals surface area contributed by atoms with Crippen molar-refractivity contribution in [2.45, 2.75) is 18.9 Å². The van der Waals surface area contributed by atoms with Crippen molar-refractivity contribution < 1.29 is 17.6 Å². The van der Waals surface area contributed by atoms with Crippen LogP contribution in [0, 0.1) is 5.82 Å². The van der Waals surface area contributed by atoms with Crippen molar-refractivity contribution in [3.05, 3.63) is 35.6 Å². The molecule has 0 saturated heterocycles. The summed E-state index contributed by atoms with van der Waals surface area (Å²) in [4.78, 5) is 11.8. The zero-order valence-electron chi connectivity index (χ0n) is 11.2. The molecule has 0 heterocycles. The molecule has 5 nitrogen and oxygen atoms in total. The lowest BCUT2D eigenvalue weighted by atomic mass is 10.2. The molecule has 1 fully saturated rings. The summed E-state index contributed by atoms with van der Waals surface area (Å²) in [6.45, 7) is 0.448. The van der Waals surface area contributed by atoms with Crippen molar-refractivity contribution in [3.63, 3.8) is 0 Å². The SMILES string of the molecule is CS(=O)(=O)N(CCNC(=O)c1cccc(F)c1)C1CC1. The summed E-state index contributed by atoms with van der Waals surface area (Å²) in [5, 5.41) is 2.60. The van der Waals surface area contributed by atoms with Crippen LogP contribution in [0.4, 0.5) is 4.39 Å². The average molecular weight is 300 g/mol. The van der Waals surface area contributed by atoms with E-state index in [0.29, 0.717) is 0 Å². The lowest BCUT2D eigenvalue weighted by Crippen LogP contribution is -2.39. The molecule has 0 spiro atoms. The van der Waals surface area contributed by atoms with Gasteiger partial charge >= 0.3 is 0 Å². The molecule has 0 unspecified atom stereocenters. The maximum absolute atomic E-state index is 13.0. The summed E-state index contributed by atoms with van der Waals surface area (Å²) in [6, 6.07) is 5.43. The summed E-state index contributed by atoms with van der Waals surface area (Å²) in [6.07, 6.45) is 2.90. The maximum Gasteiger partial charge on any atom is 0.251 e. The van der Waals surface area contributed by atoms with Crippen molar-refractivity contribution in [3.8, 4) is 0 Å². The number of halogens is 1. The van der Waals surface area contributed by atoms with Crippen molar-refractivity contribution in [2.75, 3.05) is 19.3 Å². The van der Waals surface area contributed by atoms with Gasteiger partial charge in [0, 0.05) is 24.7 Å². The van der Waals surface area contributed by atoms with Gasteiger partial charge in [-0.2, -0.15) is 4.31 Å². The van der Waals surface area contributed by atoms with Gasteiger partial charge < -0.3 is 5.32 Å². The topological polar surface area (TPSA) is 66.5 Å². The van der Waals surface area contributed by atoms with Crippen LogP contribution in [0.25, 0.3) is 0 Å². The average Bonchev–Trinajstić information content (AvgIpc) is 3.17. The van der Waals surface area contributed by atoms with Crippen molar-refractivity contribution in [1.29, 1.82) is 0 Å². The number of benzene rings is 1. The number of hydrogen-bond donors (Lipinski definition) is 1. The Bertz CT molecular complexity index is 599. The molecule has 1 N–H and O–H groups in total. The molecule has 1 aromatic rings. The summed E-state index contributed by atoms with van der Waals surface area (Å²) in [5.41, 5.74) is 0.224. The molecule has 1 saturated carbocycles. The summed E-state index contributed by atoms with van der Waals surface area (Å²) >= 11 is 0. The lowest BCUT2D eigenvalue weighted by molar-refractivity contribution is 0.0951. The Morgan fingerprint density at radius 1 is 1.45 bits per heavy atom. The molecule has 20 heavy (non-hydrogen) atoms.